The van der Waals surface area contributed by atoms with Gasteiger partial charge in [-0.3, -0.25) is 0 Å². The fourth-order valence-corrected chi connectivity index (χ4v) is 0.311. The Morgan fingerprint density at radius 2 is 1.73 bits per heavy atom. The number of hydrogen-bond donors (Lipinski definition) is 0. The van der Waals surface area contributed by atoms with Gasteiger partial charge in [-0.2, -0.15) is 0 Å². The molecule has 0 aromatic rings. The molecule has 11 heavy (non-hydrogen) atoms. The largest absolute Gasteiger partial charge is 1.00 e. The molecule has 0 fully saturated rings. The molecule has 0 aliphatic rings. The van der Waals surface area contributed by atoms with Crippen LogP contribution in [0.15, 0.2) is 5.28 Å². The summed E-state index contributed by atoms with van der Waals surface area (Å²) in [6.45, 7) is 5.43. The van der Waals surface area contributed by atoms with E-state index in [0.29, 0.717) is 0 Å². The molecule has 60 valence electrons. The van der Waals surface area contributed by atoms with Crippen molar-refractivity contribution in [2.45, 2.75) is 26.3 Å². The first-order chi connectivity index (χ1) is 4.39. The number of nitrogens with zero attached hydrogens (tertiary/aromatic N) is 3. The molecule has 5 nitrogen and oxygen atoms in total. The maximum atomic E-state index is 10.5. The molecular formula is C5H12N3NaO2. The van der Waals surface area contributed by atoms with Gasteiger partial charge in [-0.05, 0) is 26.0 Å². The topological polar surface area (TPSA) is 64.7 Å². The summed E-state index contributed by atoms with van der Waals surface area (Å²) in [6, 6.07) is 0. The molecule has 0 rings (SSSR count). The third-order valence-electron chi connectivity index (χ3n) is 1.30. The van der Waals surface area contributed by atoms with E-state index < -0.39 is 0 Å². The van der Waals surface area contributed by atoms with Gasteiger partial charge >= 0.3 is 29.6 Å². The molecule has 0 saturated carbocycles. The Labute approximate surface area is 88.5 Å². The van der Waals surface area contributed by atoms with Crippen molar-refractivity contribution in [2.24, 2.45) is 5.28 Å². The van der Waals surface area contributed by atoms with Gasteiger partial charge in [-0.15, -0.1) is 5.01 Å². The van der Waals surface area contributed by atoms with E-state index in [1.54, 1.807) is 0 Å². The molecule has 0 heterocycles. The Bertz CT molecular complexity index is 143. The van der Waals surface area contributed by atoms with Gasteiger partial charge < -0.3 is 10.4 Å². The van der Waals surface area contributed by atoms with Crippen LogP contribution in [0, 0.1) is 10.4 Å². The van der Waals surface area contributed by atoms with Crippen LogP contribution in [0.3, 0.4) is 0 Å². The van der Waals surface area contributed by atoms with Crippen molar-refractivity contribution in [2.75, 3.05) is 7.05 Å². The molecule has 0 amide bonds. The zero-order chi connectivity index (χ0) is 8.36. The van der Waals surface area contributed by atoms with Gasteiger partial charge in [0.15, 0.2) is 0 Å². The molecular weight excluding hydrogens is 157 g/mol. The van der Waals surface area contributed by atoms with Crippen LogP contribution in [0.1, 0.15) is 20.8 Å². The van der Waals surface area contributed by atoms with Gasteiger partial charge in [-0.1, -0.05) is 0 Å². The van der Waals surface area contributed by atoms with E-state index >= 15 is 0 Å². The van der Waals surface area contributed by atoms with Crippen molar-refractivity contribution in [3.05, 3.63) is 10.4 Å². The average molecular weight is 169 g/mol. The number of rotatable bonds is 1. The third kappa shape index (κ3) is 4.44. The van der Waals surface area contributed by atoms with Crippen LogP contribution in [0.5, 0.6) is 0 Å². The van der Waals surface area contributed by atoms with Crippen LogP contribution in [-0.2, 0) is 0 Å². The van der Waals surface area contributed by atoms with Crippen LogP contribution in [-0.4, -0.2) is 22.6 Å². The summed E-state index contributed by atoms with van der Waals surface area (Å²) in [6.07, 6.45) is 0. The molecule has 0 N–H and O–H groups in total. The Kier molecular flexibility index (Phi) is 5.92. The van der Waals surface area contributed by atoms with Crippen molar-refractivity contribution in [1.29, 1.82) is 0 Å². The molecule has 0 aromatic heterocycles. The average Bonchev–Trinajstić information content (AvgIpc) is 1.83. The molecule has 0 unspecified atom stereocenters. The fourth-order valence-electron chi connectivity index (χ4n) is 0.311. The SMILES string of the molecule is CN(/[N+]([O-])=N/[O-])C(C)(C)C.[Na+]. The molecule has 0 aliphatic carbocycles. The summed E-state index contributed by atoms with van der Waals surface area (Å²) in [5, 5.41) is 23.7. The van der Waals surface area contributed by atoms with E-state index in [-0.39, 0.29) is 40.1 Å². The first-order valence-electron chi connectivity index (χ1n) is 2.94. The number of hydrazine groups is 1. The minimum atomic E-state index is -0.365. The quantitative estimate of drug-likeness (QED) is 0.199. The van der Waals surface area contributed by atoms with Gasteiger partial charge in [0.05, 0.1) is 12.6 Å². The molecule has 0 bridgehead atoms. The van der Waals surface area contributed by atoms with Crippen molar-refractivity contribution in [3.8, 4) is 0 Å². The van der Waals surface area contributed by atoms with E-state index in [0.717, 1.165) is 0 Å². The summed E-state index contributed by atoms with van der Waals surface area (Å²) < 4.78 is 0. The van der Waals surface area contributed by atoms with Gasteiger partial charge in [0.2, 0.25) is 0 Å². The van der Waals surface area contributed by atoms with Gasteiger partial charge in [0, 0.05) is 4.97 Å². The first kappa shape index (κ1) is 13.6. The van der Waals surface area contributed by atoms with E-state index in [2.05, 4.69) is 5.28 Å². The zero-order valence-corrected chi connectivity index (χ0v) is 9.66. The molecule has 0 radical (unpaired) electrons. The monoisotopic (exact) mass is 169 g/mol. The van der Waals surface area contributed by atoms with E-state index in [1.807, 2.05) is 20.8 Å². The van der Waals surface area contributed by atoms with Crippen LogP contribution in [0.4, 0.5) is 0 Å². The molecule has 0 aromatic carbocycles. The smallest absolute Gasteiger partial charge is 0.737 e. The second-order valence-corrected chi connectivity index (χ2v) is 3.03. The summed E-state index contributed by atoms with van der Waals surface area (Å²) in [5.41, 5.74) is -0.365. The van der Waals surface area contributed by atoms with Crippen LogP contribution < -0.4 is 29.6 Å². The molecule has 6 heteroatoms. The van der Waals surface area contributed by atoms with Crippen LogP contribution >= 0.6 is 0 Å². The minimum absolute atomic E-state index is 0. The zero-order valence-electron chi connectivity index (χ0n) is 7.66. The Balaban J connectivity index is 0. The maximum absolute atomic E-state index is 10.5. The van der Waals surface area contributed by atoms with Crippen molar-refractivity contribution >= 4 is 0 Å². The van der Waals surface area contributed by atoms with Crippen molar-refractivity contribution in [1.82, 2.24) is 5.01 Å². The van der Waals surface area contributed by atoms with E-state index in [9.17, 15) is 10.4 Å². The Hall–Kier alpha value is 0. The standard InChI is InChI=1S/C5H13N3O2.Na/c1-5(2,3)7(4)8(10)6-9;/h9H,1-4H3;/q;+1/p-1/b8-6-;. The van der Waals surface area contributed by atoms with Gasteiger partial charge in [-0.25, -0.2) is 0 Å². The molecule has 0 saturated heterocycles. The Morgan fingerprint density at radius 1 is 1.36 bits per heavy atom. The van der Waals surface area contributed by atoms with Crippen LogP contribution in [0.2, 0.25) is 0 Å². The second-order valence-electron chi connectivity index (χ2n) is 3.03. The molecule has 0 atom stereocenters. The third-order valence-corrected chi connectivity index (χ3v) is 1.30. The summed E-state index contributed by atoms with van der Waals surface area (Å²) in [7, 11) is 1.51. The molecule has 0 spiro atoms. The first-order valence-corrected chi connectivity index (χ1v) is 2.94. The van der Waals surface area contributed by atoms with E-state index in [1.165, 1.54) is 12.1 Å². The summed E-state index contributed by atoms with van der Waals surface area (Å²) >= 11 is 0. The molecule has 0 aliphatic heterocycles. The second kappa shape index (κ2) is 4.79. The van der Waals surface area contributed by atoms with Gasteiger partial charge in [0.25, 0.3) is 0 Å². The maximum Gasteiger partial charge on any atom is 1.00 e. The minimum Gasteiger partial charge on any atom is -0.737 e. The van der Waals surface area contributed by atoms with Crippen molar-refractivity contribution in [3.63, 3.8) is 0 Å². The summed E-state index contributed by atoms with van der Waals surface area (Å²) in [4.78, 5) is 0.0278. The fraction of sp³-hybridized carbons (Fsp3) is 1.00. The number of hydrogen-bond acceptors (Lipinski definition) is 3. The van der Waals surface area contributed by atoms with Gasteiger partial charge in [0.1, 0.15) is 0 Å². The predicted molar refractivity (Wildman–Crippen MR) is 36.9 cm³/mol. The van der Waals surface area contributed by atoms with Crippen molar-refractivity contribution < 1.29 is 34.5 Å². The predicted octanol–water partition coefficient (Wildman–Crippen LogP) is -1.90. The van der Waals surface area contributed by atoms with Crippen LogP contribution in [0.25, 0.3) is 0 Å². The van der Waals surface area contributed by atoms with E-state index in [4.69, 9.17) is 0 Å². The Morgan fingerprint density at radius 3 is 1.82 bits per heavy atom. The summed E-state index contributed by atoms with van der Waals surface area (Å²) in [5.74, 6) is 0. The normalized spacial score (nSPS) is 12.2.